The van der Waals surface area contributed by atoms with Gasteiger partial charge in [-0.25, -0.2) is 0 Å². The van der Waals surface area contributed by atoms with Crippen molar-refractivity contribution < 1.29 is 9.53 Å². The maximum Gasteiger partial charge on any atom is 0.306 e. The SMILES string of the molecule is CC[C@H](CC[C@@H](C)[C@H]1CC[C@H]2[C@@H]3CC=C4C[C@@H](OC(=O)CCCBr)CC[C@]4(C)[C@H]3CC[C@]12C)C(C)C. The van der Waals surface area contributed by atoms with Crippen molar-refractivity contribution in [1.29, 1.82) is 0 Å². The summed E-state index contributed by atoms with van der Waals surface area (Å²) >= 11 is 3.43. The van der Waals surface area contributed by atoms with E-state index in [0.717, 1.165) is 66.0 Å². The van der Waals surface area contributed by atoms with E-state index < -0.39 is 0 Å². The summed E-state index contributed by atoms with van der Waals surface area (Å²) in [4.78, 5) is 12.3. The Morgan fingerprint density at radius 3 is 2.56 bits per heavy atom. The van der Waals surface area contributed by atoms with E-state index in [1.54, 1.807) is 5.57 Å². The van der Waals surface area contributed by atoms with E-state index in [1.165, 1.54) is 57.8 Å². The maximum absolute atomic E-state index is 12.3. The summed E-state index contributed by atoms with van der Waals surface area (Å²) in [6.07, 6.45) is 18.6. The molecule has 2 nitrogen and oxygen atoms in total. The second kappa shape index (κ2) is 11.8. The average molecular weight is 564 g/mol. The van der Waals surface area contributed by atoms with Gasteiger partial charge in [-0.15, -0.1) is 0 Å². The van der Waals surface area contributed by atoms with Crippen molar-refractivity contribution in [2.75, 3.05) is 5.33 Å². The van der Waals surface area contributed by atoms with Gasteiger partial charge in [-0.3, -0.25) is 4.79 Å². The number of carbonyl (C=O) groups is 1. The van der Waals surface area contributed by atoms with Crippen LogP contribution in [0.15, 0.2) is 11.6 Å². The first-order valence-electron chi connectivity index (χ1n) is 15.6. The molecule has 0 unspecified atom stereocenters. The summed E-state index contributed by atoms with van der Waals surface area (Å²) in [5.41, 5.74) is 2.50. The molecule has 0 aromatic carbocycles. The summed E-state index contributed by atoms with van der Waals surface area (Å²) in [5, 5.41) is 0.871. The molecule has 36 heavy (non-hydrogen) atoms. The predicted molar refractivity (Wildman–Crippen MR) is 155 cm³/mol. The van der Waals surface area contributed by atoms with Gasteiger partial charge in [0.2, 0.25) is 0 Å². The van der Waals surface area contributed by atoms with Crippen LogP contribution in [-0.2, 0) is 9.53 Å². The van der Waals surface area contributed by atoms with Crippen molar-refractivity contribution in [2.24, 2.45) is 52.3 Å². The zero-order valence-electron chi connectivity index (χ0n) is 24.3. The van der Waals surface area contributed by atoms with Crippen molar-refractivity contribution in [2.45, 2.75) is 131 Å². The van der Waals surface area contributed by atoms with Crippen molar-refractivity contribution >= 4 is 21.9 Å². The highest BCUT2D eigenvalue weighted by Crippen LogP contribution is 2.67. The van der Waals surface area contributed by atoms with Crippen LogP contribution in [0.3, 0.4) is 0 Å². The largest absolute Gasteiger partial charge is 0.462 e. The zero-order chi connectivity index (χ0) is 26.1. The van der Waals surface area contributed by atoms with E-state index in [0.29, 0.717) is 17.3 Å². The molecule has 0 spiro atoms. The fraction of sp³-hybridized carbons (Fsp3) is 0.909. The number of rotatable bonds is 10. The molecule has 3 fully saturated rings. The van der Waals surface area contributed by atoms with Crippen LogP contribution in [0.25, 0.3) is 0 Å². The molecule has 0 N–H and O–H groups in total. The van der Waals surface area contributed by atoms with E-state index in [9.17, 15) is 4.79 Å². The Balaban J connectivity index is 1.41. The minimum atomic E-state index is -0.00413. The molecule has 0 heterocycles. The van der Waals surface area contributed by atoms with Gasteiger partial charge in [0.25, 0.3) is 0 Å². The lowest BCUT2D eigenvalue weighted by molar-refractivity contribution is -0.151. The van der Waals surface area contributed by atoms with Crippen LogP contribution in [0.2, 0.25) is 0 Å². The molecule has 3 heteroatoms. The van der Waals surface area contributed by atoms with Gasteiger partial charge in [-0.1, -0.05) is 82.0 Å². The van der Waals surface area contributed by atoms with Crippen LogP contribution in [0, 0.1) is 52.3 Å². The van der Waals surface area contributed by atoms with Crippen LogP contribution in [-0.4, -0.2) is 17.4 Å². The summed E-state index contributed by atoms with van der Waals surface area (Å²) in [7, 11) is 0. The molecule has 0 bridgehead atoms. The fourth-order valence-electron chi connectivity index (χ4n) is 9.85. The Bertz CT molecular complexity index is 789. The number of esters is 1. The quantitative estimate of drug-likeness (QED) is 0.150. The number of halogens is 1. The molecule has 0 aromatic rings. The van der Waals surface area contributed by atoms with Crippen molar-refractivity contribution in [3.63, 3.8) is 0 Å². The smallest absolute Gasteiger partial charge is 0.306 e. The van der Waals surface area contributed by atoms with Gasteiger partial charge in [-0.2, -0.15) is 0 Å². The third-order valence-electron chi connectivity index (χ3n) is 12.1. The Morgan fingerprint density at radius 1 is 1.08 bits per heavy atom. The lowest BCUT2D eigenvalue weighted by atomic mass is 9.47. The zero-order valence-corrected chi connectivity index (χ0v) is 25.9. The molecule has 3 saturated carbocycles. The molecular weight excluding hydrogens is 508 g/mol. The minimum Gasteiger partial charge on any atom is -0.462 e. The van der Waals surface area contributed by atoms with Gasteiger partial charge in [0.05, 0.1) is 0 Å². The predicted octanol–water partition coefficient (Wildman–Crippen LogP) is 9.75. The number of hydrogen-bond donors (Lipinski definition) is 0. The number of allylic oxidation sites excluding steroid dienone is 1. The molecule has 0 saturated heterocycles. The lowest BCUT2D eigenvalue weighted by Gasteiger charge is -2.58. The summed E-state index contributed by atoms with van der Waals surface area (Å²) in [6.45, 7) is 15.1. The molecule has 4 rings (SSSR count). The number of hydrogen-bond acceptors (Lipinski definition) is 2. The highest BCUT2D eigenvalue weighted by Gasteiger charge is 2.59. The van der Waals surface area contributed by atoms with Crippen molar-refractivity contribution in [1.82, 2.24) is 0 Å². The molecule has 4 aliphatic carbocycles. The first-order valence-corrected chi connectivity index (χ1v) is 16.7. The summed E-state index contributed by atoms with van der Waals surface area (Å²) in [6, 6.07) is 0. The first kappa shape index (κ1) is 28.7. The minimum absolute atomic E-state index is 0.00413. The van der Waals surface area contributed by atoms with E-state index >= 15 is 0 Å². The third kappa shape index (κ3) is 5.53. The maximum atomic E-state index is 12.3. The Morgan fingerprint density at radius 2 is 1.86 bits per heavy atom. The van der Waals surface area contributed by atoms with Gasteiger partial charge in [0.1, 0.15) is 6.10 Å². The second-order valence-electron chi connectivity index (χ2n) is 14.1. The fourth-order valence-corrected chi connectivity index (χ4v) is 10.1. The normalized spacial score (nSPS) is 39.6. The molecule has 0 radical (unpaired) electrons. The first-order chi connectivity index (χ1) is 17.1. The monoisotopic (exact) mass is 562 g/mol. The summed E-state index contributed by atoms with van der Waals surface area (Å²) in [5.74, 6) is 6.10. The van der Waals surface area contributed by atoms with Gasteiger partial charge >= 0.3 is 5.97 Å². The van der Waals surface area contributed by atoms with E-state index in [2.05, 4.69) is 63.5 Å². The van der Waals surface area contributed by atoms with Crippen molar-refractivity contribution in [3.05, 3.63) is 11.6 Å². The van der Waals surface area contributed by atoms with Crippen molar-refractivity contribution in [3.8, 4) is 0 Å². The lowest BCUT2D eigenvalue weighted by Crippen LogP contribution is -2.51. The van der Waals surface area contributed by atoms with E-state index in [-0.39, 0.29) is 12.1 Å². The Labute approximate surface area is 231 Å². The van der Waals surface area contributed by atoms with Crippen LogP contribution >= 0.6 is 15.9 Å². The number of alkyl halides is 1. The molecule has 0 amide bonds. The van der Waals surface area contributed by atoms with Crippen LogP contribution < -0.4 is 0 Å². The number of fused-ring (bicyclic) bond motifs is 5. The van der Waals surface area contributed by atoms with Crippen LogP contribution in [0.1, 0.15) is 125 Å². The third-order valence-corrected chi connectivity index (χ3v) is 12.7. The average Bonchev–Trinajstić information content (AvgIpc) is 3.20. The number of ether oxygens (including phenoxy) is 1. The molecule has 4 aliphatic rings. The van der Waals surface area contributed by atoms with Gasteiger partial charge in [-0.05, 0) is 110 Å². The van der Waals surface area contributed by atoms with Crippen LogP contribution in [0.5, 0.6) is 0 Å². The molecular formula is C33H55BrO2. The van der Waals surface area contributed by atoms with Gasteiger partial charge in [0, 0.05) is 18.2 Å². The Kier molecular flexibility index (Phi) is 9.43. The number of carbonyl (C=O) groups excluding carboxylic acids is 1. The molecule has 0 aliphatic heterocycles. The molecule has 9 atom stereocenters. The Hall–Kier alpha value is -0.310. The highest BCUT2D eigenvalue weighted by atomic mass is 79.9. The second-order valence-corrected chi connectivity index (χ2v) is 14.9. The van der Waals surface area contributed by atoms with Gasteiger partial charge < -0.3 is 4.74 Å². The topological polar surface area (TPSA) is 26.3 Å². The van der Waals surface area contributed by atoms with E-state index in [1.807, 2.05) is 0 Å². The van der Waals surface area contributed by atoms with Crippen LogP contribution in [0.4, 0.5) is 0 Å². The summed E-state index contributed by atoms with van der Waals surface area (Å²) < 4.78 is 5.91. The molecule has 206 valence electrons. The highest BCUT2D eigenvalue weighted by molar-refractivity contribution is 9.09. The molecule has 0 aromatic heterocycles. The van der Waals surface area contributed by atoms with Gasteiger partial charge in [0.15, 0.2) is 0 Å². The van der Waals surface area contributed by atoms with E-state index in [4.69, 9.17) is 4.74 Å². The standard InChI is InChI=1S/C33H55BrO2/c1-7-24(22(2)3)11-10-23(4)28-14-15-29-27-13-12-25-21-26(36-31(35)9-8-20-34)16-18-32(25,5)30(27)17-19-33(28,29)6/h12,22-24,26-30H,7-11,13-21H2,1-6H3/t23-,24-,26+,27+,28-,29+,30+,32+,33-/m1/s1.